The average molecular weight is 500 g/mol. The van der Waals surface area contributed by atoms with Gasteiger partial charge in [-0.2, -0.15) is 0 Å². The number of likely N-dealkylation sites (N-methyl/N-ethyl adjacent to an activating group) is 1. The van der Waals surface area contributed by atoms with Gasteiger partial charge in [0, 0.05) is 18.1 Å². The molecule has 0 heterocycles. The average Bonchev–Trinajstić information content (AvgIpc) is 2.69. The number of carbonyl (C=O) groups is 2. The van der Waals surface area contributed by atoms with Gasteiger partial charge in [-0.15, -0.1) is 0 Å². The fraction of sp³-hybridized carbons (Fsp3) is 0.300. The van der Waals surface area contributed by atoms with Gasteiger partial charge >= 0.3 is 0 Å². The number of nitrogens with one attached hydrogen (secondary N) is 1. The summed E-state index contributed by atoms with van der Waals surface area (Å²) in [4.78, 5) is 26.7. The van der Waals surface area contributed by atoms with Crippen LogP contribution in [0.25, 0.3) is 0 Å². The van der Waals surface area contributed by atoms with Crippen LogP contribution in [-0.2, 0) is 26.2 Å². The lowest BCUT2D eigenvalue weighted by Gasteiger charge is -2.31. The van der Waals surface area contributed by atoms with E-state index in [1.165, 1.54) is 24.1 Å². The van der Waals surface area contributed by atoms with Gasteiger partial charge < -0.3 is 10.2 Å². The quantitative estimate of drug-likeness (QED) is 0.604. The minimum absolute atomic E-state index is 0.105. The van der Waals surface area contributed by atoms with Crippen molar-refractivity contribution in [3.05, 3.63) is 64.4 Å². The second kappa shape index (κ2) is 10.0. The molecule has 0 aliphatic rings. The highest BCUT2D eigenvalue weighted by molar-refractivity contribution is 9.10. The Balaban J connectivity index is 2.36. The van der Waals surface area contributed by atoms with E-state index in [1.807, 2.05) is 12.1 Å². The van der Waals surface area contributed by atoms with Crippen LogP contribution in [0.15, 0.2) is 53.0 Å². The van der Waals surface area contributed by atoms with Gasteiger partial charge in [-0.25, -0.2) is 12.8 Å². The van der Waals surface area contributed by atoms with E-state index >= 15 is 0 Å². The van der Waals surface area contributed by atoms with E-state index in [9.17, 15) is 22.4 Å². The maximum absolute atomic E-state index is 13.3. The van der Waals surface area contributed by atoms with Crippen molar-refractivity contribution < 1.29 is 22.4 Å². The monoisotopic (exact) mass is 499 g/mol. The smallest absolute Gasteiger partial charge is 0.244 e. The molecule has 1 atom stereocenters. The first-order valence-electron chi connectivity index (χ1n) is 9.01. The predicted molar refractivity (Wildman–Crippen MR) is 117 cm³/mol. The van der Waals surface area contributed by atoms with Crippen LogP contribution < -0.4 is 9.62 Å². The number of sulfonamides is 1. The Bertz CT molecular complexity index is 1010. The highest BCUT2D eigenvalue weighted by atomic mass is 79.9. The Morgan fingerprint density at radius 2 is 1.80 bits per heavy atom. The van der Waals surface area contributed by atoms with Crippen molar-refractivity contribution in [1.82, 2.24) is 10.2 Å². The van der Waals surface area contributed by atoms with E-state index in [1.54, 1.807) is 19.1 Å². The lowest BCUT2D eigenvalue weighted by molar-refractivity contribution is -0.139. The lowest BCUT2D eigenvalue weighted by Crippen LogP contribution is -2.50. The molecule has 0 unspecified atom stereocenters. The van der Waals surface area contributed by atoms with Gasteiger partial charge in [-0.1, -0.05) is 28.1 Å². The lowest BCUT2D eigenvalue weighted by atomic mass is 10.1. The Morgan fingerprint density at radius 1 is 1.17 bits per heavy atom. The van der Waals surface area contributed by atoms with E-state index in [-0.39, 0.29) is 18.1 Å². The minimum atomic E-state index is -3.84. The Morgan fingerprint density at radius 3 is 2.33 bits per heavy atom. The number of rotatable bonds is 8. The Labute approximate surface area is 184 Å². The van der Waals surface area contributed by atoms with Crippen LogP contribution in [0.1, 0.15) is 12.5 Å². The maximum Gasteiger partial charge on any atom is 0.244 e. The molecule has 0 bridgehead atoms. The zero-order valence-electron chi connectivity index (χ0n) is 16.8. The van der Waals surface area contributed by atoms with Crippen molar-refractivity contribution in [3.63, 3.8) is 0 Å². The molecule has 2 amide bonds. The van der Waals surface area contributed by atoms with Gasteiger partial charge in [0.15, 0.2) is 0 Å². The molecule has 2 rings (SSSR count). The Kier molecular flexibility index (Phi) is 7.96. The van der Waals surface area contributed by atoms with Crippen molar-refractivity contribution in [1.29, 1.82) is 0 Å². The second-order valence-corrected chi connectivity index (χ2v) is 9.51. The summed E-state index contributed by atoms with van der Waals surface area (Å²) in [6.07, 6.45) is 0.963. The van der Waals surface area contributed by atoms with E-state index in [4.69, 9.17) is 0 Å². The standard InChI is InChI=1S/C20H23BrFN3O4S/c1-14(20(27)23-2)24(12-15-5-4-6-16(21)11-15)19(26)13-25(30(3,28)29)18-9-7-17(22)8-10-18/h4-11,14H,12-13H2,1-3H3,(H,23,27)/t14-/m0/s1. The zero-order valence-corrected chi connectivity index (χ0v) is 19.2. The molecular formula is C20H23BrFN3O4S. The van der Waals surface area contributed by atoms with Crippen molar-refractivity contribution in [3.8, 4) is 0 Å². The summed E-state index contributed by atoms with van der Waals surface area (Å²) < 4.78 is 39.6. The minimum Gasteiger partial charge on any atom is -0.357 e. The highest BCUT2D eigenvalue weighted by Crippen LogP contribution is 2.20. The summed E-state index contributed by atoms with van der Waals surface area (Å²) in [7, 11) is -2.37. The molecule has 0 fully saturated rings. The van der Waals surface area contributed by atoms with Crippen LogP contribution in [0.3, 0.4) is 0 Å². The van der Waals surface area contributed by atoms with Gasteiger partial charge in [-0.3, -0.25) is 13.9 Å². The van der Waals surface area contributed by atoms with E-state index < -0.39 is 34.3 Å². The molecule has 7 nitrogen and oxygen atoms in total. The van der Waals surface area contributed by atoms with Crippen LogP contribution in [-0.4, -0.2) is 51.0 Å². The van der Waals surface area contributed by atoms with Gasteiger partial charge in [0.25, 0.3) is 0 Å². The van der Waals surface area contributed by atoms with Crippen molar-refractivity contribution in [2.75, 3.05) is 24.2 Å². The van der Waals surface area contributed by atoms with Gasteiger partial charge in [0.1, 0.15) is 18.4 Å². The molecule has 2 aromatic carbocycles. The summed E-state index contributed by atoms with van der Waals surface area (Å²) in [6.45, 7) is 1.14. The molecular weight excluding hydrogens is 477 g/mol. The van der Waals surface area contributed by atoms with Gasteiger partial charge in [-0.05, 0) is 48.9 Å². The number of nitrogens with zero attached hydrogens (tertiary/aromatic N) is 2. The molecule has 0 saturated carbocycles. The molecule has 0 aliphatic carbocycles. The Hall–Kier alpha value is -2.46. The number of carbonyl (C=O) groups excluding carboxylic acids is 2. The molecule has 0 spiro atoms. The molecule has 162 valence electrons. The molecule has 0 saturated heterocycles. The van der Waals surface area contributed by atoms with E-state index in [0.717, 1.165) is 32.7 Å². The van der Waals surface area contributed by atoms with Crippen LogP contribution in [0, 0.1) is 5.82 Å². The topological polar surface area (TPSA) is 86.8 Å². The normalized spacial score (nSPS) is 12.2. The van der Waals surface area contributed by atoms with Crippen LogP contribution in [0.5, 0.6) is 0 Å². The highest BCUT2D eigenvalue weighted by Gasteiger charge is 2.29. The predicted octanol–water partition coefficient (Wildman–Crippen LogP) is 2.52. The SMILES string of the molecule is CNC(=O)[C@H](C)N(Cc1cccc(Br)c1)C(=O)CN(c1ccc(F)cc1)S(C)(=O)=O. The summed E-state index contributed by atoms with van der Waals surface area (Å²) in [6, 6.07) is 11.2. The number of benzene rings is 2. The fourth-order valence-corrected chi connectivity index (χ4v) is 4.14. The number of amides is 2. The number of anilines is 1. The molecule has 1 N–H and O–H groups in total. The fourth-order valence-electron chi connectivity index (χ4n) is 2.84. The van der Waals surface area contributed by atoms with E-state index in [0.29, 0.717) is 0 Å². The molecule has 2 aromatic rings. The number of hydrogen-bond donors (Lipinski definition) is 1. The largest absolute Gasteiger partial charge is 0.357 e. The molecule has 10 heteroatoms. The maximum atomic E-state index is 13.3. The second-order valence-electron chi connectivity index (χ2n) is 6.69. The summed E-state index contributed by atoms with van der Waals surface area (Å²) >= 11 is 3.37. The summed E-state index contributed by atoms with van der Waals surface area (Å²) in [5, 5.41) is 2.50. The molecule has 0 aliphatic heterocycles. The first-order chi connectivity index (χ1) is 14.0. The first kappa shape index (κ1) is 23.8. The van der Waals surface area contributed by atoms with Crippen molar-refractivity contribution in [2.24, 2.45) is 0 Å². The third-order valence-electron chi connectivity index (χ3n) is 4.45. The van der Waals surface area contributed by atoms with E-state index in [2.05, 4.69) is 21.2 Å². The molecule has 0 radical (unpaired) electrons. The van der Waals surface area contributed by atoms with Gasteiger partial charge in [0.2, 0.25) is 21.8 Å². The van der Waals surface area contributed by atoms with Gasteiger partial charge in [0.05, 0.1) is 11.9 Å². The third kappa shape index (κ3) is 6.27. The van der Waals surface area contributed by atoms with Crippen molar-refractivity contribution >= 4 is 43.5 Å². The summed E-state index contributed by atoms with van der Waals surface area (Å²) in [5.41, 5.74) is 0.920. The third-order valence-corrected chi connectivity index (χ3v) is 6.08. The first-order valence-corrected chi connectivity index (χ1v) is 11.7. The summed E-state index contributed by atoms with van der Waals surface area (Å²) in [5.74, 6) is -1.48. The van der Waals surface area contributed by atoms with Crippen molar-refractivity contribution in [2.45, 2.75) is 19.5 Å². The zero-order chi connectivity index (χ0) is 22.5. The number of halogens is 2. The van der Waals surface area contributed by atoms with Crippen LogP contribution >= 0.6 is 15.9 Å². The molecule has 0 aromatic heterocycles. The van der Waals surface area contributed by atoms with Crippen LogP contribution in [0.2, 0.25) is 0 Å². The van der Waals surface area contributed by atoms with Crippen LogP contribution in [0.4, 0.5) is 10.1 Å². The molecule has 30 heavy (non-hydrogen) atoms. The number of hydrogen-bond acceptors (Lipinski definition) is 4.